The van der Waals surface area contributed by atoms with Crippen molar-refractivity contribution in [3.05, 3.63) is 34.7 Å². The van der Waals surface area contributed by atoms with E-state index >= 15 is 0 Å². The van der Waals surface area contributed by atoms with Gasteiger partial charge in [-0.1, -0.05) is 24.4 Å². The Morgan fingerprint density at radius 2 is 1.89 bits per heavy atom. The summed E-state index contributed by atoms with van der Waals surface area (Å²) in [5.41, 5.74) is 0.146. The Bertz CT molecular complexity index is 1150. The van der Waals surface area contributed by atoms with Gasteiger partial charge in [0, 0.05) is 22.4 Å². The van der Waals surface area contributed by atoms with Crippen molar-refractivity contribution in [2.24, 2.45) is 11.8 Å². The van der Waals surface area contributed by atoms with E-state index in [-0.39, 0.29) is 29.0 Å². The first kappa shape index (κ1) is 25.0. The van der Waals surface area contributed by atoms with Gasteiger partial charge in [-0.2, -0.15) is 0 Å². The summed E-state index contributed by atoms with van der Waals surface area (Å²) in [4.78, 5) is 52.9. The minimum absolute atomic E-state index is 0.0469. The van der Waals surface area contributed by atoms with Crippen molar-refractivity contribution in [3.63, 3.8) is 0 Å². The molecule has 188 valence electrons. The zero-order valence-electron chi connectivity index (χ0n) is 19.4. The molecule has 2 unspecified atom stereocenters. The number of aromatic amines is 1. The highest BCUT2D eigenvalue weighted by Crippen LogP contribution is 2.34. The lowest BCUT2D eigenvalue weighted by Gasteiger charge is -2.22. The second kappa shape index (κ2) is 9.49. The number of carbonyl (C=O) groups excluding carboxylic acids is 3. The Labute approximate surface area is 206 Å². The van der Waals surface area contributed by atoms with Gasteiger partial charge in [0.2, 0.25) is 11.8 Å². The van der Waals surface area contributed by atoms with Crippen LogP contribution in [0.5, 0.6) is 0 Å². The molecule has 2 aromatic rings. The number of rotatable bonds is 9. The first-order valence-electron chi connectivity index (χ1n) is 11.6. The number of hydrogen-bond donors (Lipinski definition) is 5. The van der Waals surface area contributed by atoms with Gasteiger partial charge in [-0.3, -0.25) is 14.4 Å². The molecule has 0 bridgehead atoms. The predicted octanol–water partition coefficient (Wildman–Crippen LogP) is 2.73. The van der Waals surface area contributed by atoms with E-state index in [1.54, 1.807) is 0 Å². The summed E-state index contributed by atoms with van der Waals surface area (Å²) in [6.07, 6.45) is 2.61. The second-order valence-corrected chi connectivity index (χ2v) is 10.6. The number of carboxylic acids is 1. The van der Waals surface area contributed by atoms with E-state index in [2.05, 4.69) is 20.9 Å². The number of hydrogen-bond acceptors (Lipinski definition) is 4. The molecule has 1 aromatic heterocycles. The number of benzene rings is 1. The monoisotopic (exact) mass is 506 g/mol. The maximum Gasteiger partial charge on any atom is 0.326 e. The minimum Gasteiger partial charge on any atom is -0.480 e. The van der Waals surface area contributed by atoms with Crippen LogP contribution in [0.25, 0.3) is 10.9 Å². The summed E-state index contributed by atoms with van der Waals surface area (Å²) in [6, 6.07) is 1.80. The van der Waals surface area contributed by atoms with Gasteiger partial charge >= 0.3 is 5.97 Å². The largest absolute Gasteiger partial charge is 0.480 e. The average molecular weight is 507 g/mol. The number of aliphatic carboxylic acids is 1. The lowest BCUT2D eigenvalue weighted by molar-refractivity contribution is -0.142. The zero-order chi connectivity index (χ0) is 25.5. The van der Waals surface area contributed by atoms with Crippen molar-refractivity contribution < 1.29 is 28.7 Å². The number of carbonyl (C=O) groups is 4. The van der Waals surface area contributed by atoms with Gasteiger partial charge in [0.05, 0.1) is 5.02 Å². The van der Waals surface area contributed by atoms with Gasteiger partial charge in [0.15, 0.2) is 0 Å². The van der Waals surface area contributed by atoms with Crippen molar-refractivity contribution in [2.45, 2.75) is 63.6 Å². The van der Waals surface area contributed by atoms with Crippen LogP contribution in [0.3, 0.4) is 0 Å². The maximum atomic E-state index is 13.8. The molecule has 2 aliphatic rings. The molecule has 11 heteroatoms. The van der Waals surface area contributed by atoms with E-state index in [1.165, 1.54) is 18.2 Å². The van der Waals surface area contributed by atoms with Crippen LogP contribution in [-0.2, 0) is 14.4 Å². The molecule has 5 N–H and O–H groups in total. The van der Waals surface area contributed by atoms with Crippen LogP contribution >= 0.6 is 11.6 Å². The van der Waals surface area contributed by atoms with Crippen LogP contribution in [0.2, 0.25) is 5.02 Å². The van der Waals surface area contributed by atoms with E-state index in [9.17, 15) is 28.7 Å². The number of carboxylic acid groups (broad SMARTS) is 1. The third kappa shape index (κ3) is 5.93. The normalized spacial score (nSPS) is 20.8. The van der Waals surface area contributed by atoms with E-state index in [1.807, 2.05) is 13.8 Å². The second-order valence-electron chi connectivity index (χ2n) is 10.2. The first-order chi connectivity index (χ1) is 16.4. The number of halogens is 2. The number of nitrogens with one attached hydrogen (secondary N) is 4. The topological polar surface area (TPSA) is 140 Å². The van der Waals surface area contributed by atoms with E-state index in [0.717, 1.165) is 12.8 Å². The summed E-state index contributed by atoms with van der Waals surface area (Å²) in [5.74, 6) is -3.60. The summed E-state index contributed by atoms with van der Waals surface area (Å²) < 4.78 is 13.8. The highest BCUT2D eigenvalue weighted by atomic mass is 35.5. The molecule has 0 spiro atoms. The molecular weight excluding hydrogens is 479 g/mol. The predicted molar refractivity (Wildman–Crippen MR) is 126 cm³/mol. The van der Waals surface area contributed by atoms with Crippen LogP contribution in [-0.4, -0.2) is 51.4 Å². The van der Waals surface area contributed by atoms with Crippen molar-refractivity contribution in [1.29, 1.82) is 0 Å². The molecule has 1 aliphatic carbocycles. The molecule has 2 fully saturated rings. The van der Waals surface area contributed by atoms with Gasteiger partial charge in [0.25, 0.3) is 5.91 Å². The fourth-order valence-electron chi connectivity index (χ4n) is 4.57. The zero-order valence-corrected chi connectivity index (χ0v) is 20.2. The third-order valence-corrected chi connectivity index (χ3v) is 6.81. The summed E-state index contributed by atoms with van der Waals surface area (Å²) >= 11 is 5.80. The molecule has 2 heterocycles. The molecule has 0 radical (unpaired) electrons. The van der Waals surface area contributed by atoms with Crippen molar-refractivity contribution in [3.8, 4) is 0 Å². The number of fused-ring (bicyclic) bond motifs is 1. The molecule has 1 aliphatic heterocycles. The highest BCUT2D eigenvalue weighted by molar-refractivity contribution is 6.31. The molecule has 3 amide bonds. The SMILES string of the molecule is CC1(C)C[C@@H](CC(NC(=O)C(CC2CC2)NC(=O)c2cc3cc(F)c(Cl)cc3[nH]2)C(=O)O)C(=O)N1. The molecule has 1 saturated carbocycles. The van der Waals surface area contributed by atoms with Crippen LogP contribution in [0.1, 0.15) is 56.4 Å². The molecule has 3 atom stereocenters. The van der Waals surface area contributed by atoms with E-state index < -0.39 is 47.1 Å². The van der Waals surface area contributed by atoms with Crippen LogP contribution < -0.4 is 16.0 Å². The van der Waals surface area contributed by atoms with Crippen molar-refractivity contribution in [2.75, 3.05) is 0 Å². The fraction of sp³-hybridized carbons (Fsp3) is 0.500. The van der Waals surface area contributed by atoms with Gasteiger partial charge in [-0.05, 0) is 57.2 Å². The number of amides is 3. The molecule has 35 heavy (non-hydrogen) atoms. The van der Waals surface area contributed by atoms with Crippen molar-refractivity contribution >= 4 is 46.2 Å². The molecule has 9 nitrogen and oxygen atoms in total. The Morgan fingerprint density at radius 1 is 1.17 bits per heavy atom. The van der Waals surface area contributed by atoms with E-state index in [0.29, 0.717) is 23.7 Å². The smallest absolute Gasteiger partial charge is 0.326 e. The molecule has 4 rings (SSSR count). The highest BCUT2D eigenvalue weighted by Gasteiger charge is 2.40. The summed E-state index contributed by atoms with van der Waals surface area (Å²) in [7, 11) is 0. The Morgan fingerprint density at radius 3 is 2.49 bits per heavy atom. The molecule has 1 saturated heterocycles. The van der Waals surface area contributed by atoms with Crippen LogP contribution in [0.15, 0.2) is 18.2 Å². The quantitative estimate of drug-likeness (QED) is 0.355. The first-order valence-corrected chi connectivity index (χ1v) is 11.9. The third-order valence-electron chi connectivity index (χ3n) is 6.52. The van der Waals surface area contributed by atoms with Crippen LogP contribution in [0, 0.1) is 17.7 Å². The van der Waals surface area contributed by atoms with Gasteiger partial charge in [-0.15, -0.1) is 0 Å². The lowest BCUT2D eigenvalue weighted by atomic mass is 9.91. The van der Waals surface area contributed by atoms with Gasteiger partial charge < -0.3 is 26.0 Å². The summed E-state index contributed by atoms with van der Waals surface area (Å²) in [5, 5.41) is 18.1. The Kier molecular flexibility index (Phi) is 6.77. The lowest BCUT2D eigenvalue weighted by Crippen LogP contribution is -2.52. The van der Waals surface area contributed by atoms with Gasteiger partial charge in [0.1, 0.15) is 23.6 Å². The fourth-order valence-corrected chi connectivity index (χ4v) is 4.73. The number of H-pyrrole nitrogens is 1. The Balaban J connectivity index is 1.46. The molecular formula is C24H28ClFN4O5. The summed E-state index contributed by atoms with van der Waals surface area (Å²) in [6.45, 7) is 3.71. The molecule has 1 aromatic carbocycles. The standard InChI is InChI=1S/C24H28ClFN4O5/c1-24(2)10-13(20(31)30-24)8-19(23(34)35)29-21(32)17(5-11-3-4-11)28-22(33)18-7-12-6-15(26)14(25)9-16(12)27-18/h6-7,9,11,13,17,19,27H,3-5,8,10H2,1-2H3,(H,28,33)(H,29,32)(H,30,31)(H,34,35)/t13-,17?,19?/m1/s1. The maximum absolute atomic E-state index is 13.8. The minimum atomic E-state index is -1.27. The average Bonchev–Trinajstić information content (AvgIpc) is 3.42. The van der Waals surface area contributed by atoms with Gasteiger partial charge in [-0.25, -0.2) is 9.18 Å². The Hall–Kier alpha value is -3.14. The van der Waals surface area contributed by atoms with Crippen LogP contribution in [0.4, 0.5) is 4.39 Å². The number of aromatic nitrogens is 1. The van der Waals surface area contributed by atoms with E-state index in [4.69, 9.17) is 11.6 Å². The van der Waals surface area contributed by atoms with Crippen molar-refractivity contribution in [1.82, 2.24) is 20.9 Å².